The number of carbonyl (C=O) groups excluding carboxylic acids is 2. The summed E-state index contributed by atoms with van der Waals surface area (Å²) < 4.78 is 0. The molecule has 0 aliphatic carbocycles. The molecule has 96 valence electrons. The molecule has 1 aromatic rings. The van der Waals surface area contributed by atoms with Crippen LogP contribution in [0.4, 0.5) is 5.69 Å². The molecule has 1 aliphatic rings. The van der Waals surface area contributed by atoms with Crippen molar-refractivity contribution in [3.8, 4) is 5.75 Å². The Hall–Kier alpha value is -1.46. The number of amides is 2. The van der Waals surface area contributed by atoms with Crippen molar-refractivity contribution in [2.75, 3.05) is 11.4 Å². The molecule has 1 fully saturated rings. The number of hydrogen-bond donors (Lipinski definition) is 2. The largest absolute Gasteiger partial charge is 0.506 e. The maximum absolute atomic E-state index is 11.8. The fourth-order valence-electron chi connectivity index (χ4n) is 1.86. The highest BCUT2D eigenvalue weighted by Crippen LogP contribution is 2.37. The zero-order chi connectivity index (χ0) is 13.4. The van der Waals surface area contributed by atoms with Gasteiger partial charge in [0, 0.05) is 19.0 Å². The SMILES string of the molecule is NC(=O)C1CC(=O)N(c2cc(O)c(Cl)cc2Cl)C1. The van der Waals surface area contributed by atoms with E-state index in [2.05, 4.69) is 0 Å². The molecule has 5 nitrogen and oxygen atoms in total. The van der Waals surface area contributed by atoms with Crippen molar-refractivity contribution in [2.45, 2.75) is 6.42 Å². The molecule has 1 aliphatic heterocycles. The third kappa shape index (κ3) is 2.23. The highest BCUT2D eigenvalue weighted by molar-refractivity contribution is 6.37. The molecular weight excluding hydrogens is 279 g/mol. The maximum Gasteiger partial charge on any atom is 0.227 e. The monoisotopic (exact) mass is 288 g/mol. The maximum atomic E-state index is 11.8. The van der Waals surface area contributed by atoms with Crippen LogP contribution in [0.15, 0.2) is 12.1 Å². The minimum atomic E-state index is -0.536. The lowest BCUT2D eigenvalue weighted by Gasteiger charge is -2.18. The van der Waals surface area contributed by atoms with E-state index >= 15 is 0 Å². The number of anilines is 1. The Balaban J connectivity index is 2.35. The van der Waals surface area contributed by atoms with Crippen LogP contribution in [0.3, 0.4) is 0 Å². The number of phenols is 1. The zero-order valence-electron chi connectivity index (χ0n) is 9.19. The van der Waals surface area contributed by atoms with Crippen LogP contribution in [-0.2, 0) is 9.59 Å². The van der Waals surface area contributed by atoms with Crippen molar-refractivity contribution in [1.29, 1.82) is 0 Å². The number of nitrogens with two attached hydrogens (primary N) is 1. The van der Waals surface area contributed by atoms with Gasteiger partial charge in [-0.25, -0.2) is 0 Å². The third-order valence-electron chi connectivity index (χ3n) is 2.83. The van der Waals surface area contributed by atoms with Gasteiger partial charge >= 0.3 is 0 Å². The minimum absolute atomic E-state index is 0.0506. The fourth-order valence-corrected chi connectivity index (χ4v) is 2.35. The molecule has 18 heavy (non-hydrogen) atoms. The molecule has 0 spiro atoms. The highest BCUT2D eigenvalue weighted by atomic mass is 35.5. The Morgan fingerprint density at radius 3 is 2.61 bits per heavy atom. The quantitative estimate of drug-likeness (QED) is 0.866. The lowest BCUT2D eigenvalue weighted by Crippen LogP contribution is -2.28. The van der Waals surface area contributed by atoms with Crippen LogP contribution in [0.1, 0.15) is 6.42 Å². The number of primary amides is 1. The molecule has 0 aromatic heterocycles. The number of aromatic hydroxyl groups is 1. The van der Waals surface area contributed by atoms with Crippen molar-refractivity contribution in [2.24, 2.45) is 11.7 Å². The van der Waals surface area contributed by atoms with Crippen LogP contribution >= 0.6 is 23.2 Å². The number of phenolic OH excluding ortho intramolecular Hbond substituents is 1. The van der Waals surface area contributed by atoms with E-state index in [-0.39, 0.29) is 34.7 Å². The van der Waals surface area contributed by atoms with E-state index < -0.39 is 11.8 Å². The first-order valence-corrected chi connectivity index (χ1v) is 5.93. The summed E-state index contributed by atoms with van der Waals surface area (Å²) in [5, 5.41) is 9.86. The van der Waals surface area contributed by atoms with Gasteiger partial charge in [0.25, 0.3) is 0 Å². The Bertz CT molecular complexity index is 533. The van der Waals surface area contributed by atoms with E-state index in [1.165, 1.54) is 17.0 Å². The van der Waals surface area contributed by atoms with Gasteiger partial charge in [-0.05, 0) is 6.07 Å². The van der Waals surface area contributed by atoms with Gasteiger partial charge in [0.15, 0.2) is 0 Å². The first kappa shape index (κ1) is 13.0. The number of carbonyl (C=O) groups is 2. The van der Waals surface area contributed by atoms with Crippen LogP contribution in [0.2, 0.25) is 10.0 Å². The second kappa shape index (κ2) is 4.66. The molecule has 1 heterocycles. The van der Waals surface area contributed by atoms with Gasteiger partial charge in [0.05, 0.1) is 21.7 Å². The summed E-state index contributed by atoms with van der Waals surface area (Å²) in [6.07, 6.45) is 0.0506. The summed E-state index contributed by atoms with van der Waals surface area (Å²) in [4.78, 5) is 24.2. The van der Waals surface area contributed by atoms with Crippen LogP contribution in [0.5, 0.6) is 5.75 Å². The van der Waals surface area contributed by atoms with E-state index in [1.807, 2.05) is 0 Å². The smallest absolute Gasteiger partial charge is 0.227 e. The normalized spacial score (nSPS) is 19.3. The van der Waals surface area contributed by atoms with Gasteiger partial charge < -0.3 is 15.7 Å². The van der Waals surface area contributed by atoms with Gasteiger partial charge in [0.2, 0.25) is 11.8 Å². The number of benzene rings is 1. The van der Waals surface area contributed by atoms with Crippen molar-refractivity contribution >= 4 is 40.7 Å². The summed E-state index contributed by atoms with van der Waals surface area (Å²) in [5.74, 6) is -1.50. The molecule has 1 saturated heterocycles. The van der Waals surface area contributed by atoms with Gasteiger partial charge in [-0.2, -0.15) is 0 Å². The van der Waals surface area contributed by atoms with Crippen molar-refractivity contribution in [1.82, 2.24) is 0 Å². The van der Waals surface area contributed by atoms with Crippen molar-refractivity contribution in [3.05, 3.63) is 22.2 Å². The number of halogens is 2. The average molecular weight is 289 g/mol. The predicted molar refractivity (Wildman–Crippen MR) is 67.8 cm³/mol. The summed E-state index contributed by atoms with van der Waals surface area (Å²) in [6.45, 7) is 0.162. The third-order valence-corrected chi connectivity index (χ3v) is 3.44. The summed E-state index contributed by atoms with van der Waals surface area (Å²) in [5.41, 5.74) is 5.50. The Kier molecular flexibility index (Phi) is 3.36. The van der Waals surface area contributed by atoms with E-state index in [1.54, 1.807) is 0 Å². The van der Waals surface area contributed by atoms with Gasteiger partial charge in [-0.15, -0.1) is 0 Å². The molecule has 7 heteroatoms. The molecule has 0 bridgehead atoms. The second-order valence-corrected chi connectivity index (χ2v) is 4.88. The molecule has 0 radical (unpaired) electrons. The molecule has 1 atom stereocenters. The van der Waals surface area contributed by atoms with Gasteiger partial charge in [-0.1, -0.05) is 23.2 Å². The molecule has 2 amide bonds. The fraction of sp³-hybridized carbons (Fsp3) is 0.273. The molecule has 2 rings (SSSR count). The predicted octanol–water partition coefficient (Wildman–Crippen LogP) is 1.54. The molecule has 1 aromatic carbocycles. The van der Waals surface area contributed by atoms with Crippen LogP contribution in [0, 0.1) is 5.92 Å². The van der Waals surface area contributed by atoms with Crippen LogP contribution in [0.25, 0.3) is 0 Å². The second-order valence-electron chi connectivity index (χ2n) is 4.06. The van der Waals surface area contributed by atoms with Crippen molar-refractivity contribution < 1.29 is 14.7 Å². The summed E-state index contributed by atoms with van der Waals surface area (Å²) in [6, 6.07) is 2.64. The van der Waals surface area contributed by atoms with E-state index in [9.17, 15) is 14.7 Å². The minimum Gasteiger partial charge on any atom is -0.506 e. The van der Waals surface area contributed by atoms with Gasteiger partial charge in [0.1, 0.15) is 5.75 Å². The van der Waals surface area contributed by atoms with Gasteiger partial charge in [-0.3, -0.25) is 9.59 Å². The van der Waals surface area contributed by atoms with Crippen LogP contribution in [-0.4, -0.2) is 23.5 Å². The van der Waals surface area contributed by atoms with Crippen molar-refractivity contribution in [3.63, 3.8) is 0 Å². The zero-order valence-corrected chi connectivity index (χ0v) is 10.7. The number of nitrogens with zero attached hydrogens (tertiary/aromatic N) is 1. The Morgan fingerprint density at radius 2 is 2.06 bits per heavy atom. The van der Waals surface area contributed by atoms with E-state index in [0.717, 1.165) is 0 Å². The van der Waals surface area contributed by atoms with E-state index in [4.69, 9.17) is 28.9 Å². The Labute approximate surface area is 113 Å². The number of hydrogen-bond acceptors (Lipinski definition) is 3. The molecule has 1 unspecified atom stereocenters. The molecule has 3 N–H and O–H groups in total. The standard InChI is InChI=1S/C11H10Cl2N2O3/c12-6-2-7(13)9(16)3-8(6)15-4-5(11(14)18)1-10(15)17/h2-3,5,16H,1,4H2,(H2,14,18). The highest BCUT2D eigenvalue weighted by Gasteiger charge is 2.35. The molecule has 0 saturated carbocycles. The first-order valence-electron chi connectivity index (χ1n) is 5.18. The average Bonchev–Trinajstić information content (AvgIpc) is 2.66. The molecular formula is C11H10Cl2N2O3. The van der Waals surface area contributed by atoms with E-state index in [0.29, 0.717) is 5.69 Å². The van der Waals surface area contributed by atoms with Crippen LogP contribution < -0.4 is 10.6 Å². The summed E-state index contributed by atoms with van der Waals surface area (Å²) in [7, 11) is 0. The lowest BCUT2D eigenvalue weighted by atomic mass is 10.1. The topological polar surface area (TPSA) is 83.6 Å². The summed E-state index contributed by atoms with van der Waals surface area (Å²) >= 11 is 11.7. The Morgan fingerprint density at radius 1 is 1.39 bits per heavy atom. The lowest BCUT2D eigenvalue weighted by molar-refractivity contribution is -0.123. The number of rotatable bonds is 2. The first-order chi connectivity index (χ1) is 8.40.